The van der Waals surface area contributed by atoms with Gasteiger partial charge in [0.15, 0.2) is 0 Å². The van der Waals surface area contributed by atoms with E-state index in [4.69, 9.17) is 4.74 Å². The Morgan fingerprint density at radius 1 is 1.17 bits per heavy atom. The molecule has 0 radical (unpaired) electrons. The standard InChI is InChI=1S/C19H22N4O/c1-3-24-18-6-4-17(5-7-18)15(2)22-13-16-8-9-21-19(12-16)23-11-10-20-14-23/h4-12,14-15,22H,3,13H2,1-2H3/t15-/m1/s1. The summed E-state index contributed by atoms with van der Waals surface area (Å²) < 4.78 is 7.39. The molecule has 0 aliphatic carbocycles. The minimum atomic E-state index is 0.255. The second kappa shape index (κ2) is 7.75. The van der Waals surface area contributed by atoms with Gasteiger partial charge in [0.25, 0.3) is 0 Å². The van der Waals surface area contributed by atoms with Gasteiger partial charge in [0.05, 0.1) is 6.61 Å². The van der Waals surface area contributed by atoms with Crippen LogP contribution in [0.1, 0.15) is 31.0 Å². The van der Waals surface area contributed by atoms with Crippen LogP contribution >= 0.6 is 0 Å². The number of imidazole rings is 1. The molecule has 124 valence electrons. The topological polar surface area (TPSA) is 52.0 Å². The SMILES string of the molecule is CCOc1ccc([C@@H](C)NCc2ccnc(-n3ccnc3)c2)cc1. The minimum absolute atomic E-state index is 0.255. The van der Waals surface area contributed by atoms with E-state index >= 15 is 0 Å². The zero-order valence-electron chi connectivity index (χ0n) is 14.0. The van der Waals surface area contributed by atoms with Crippen LogP contribution in [0.15, 0.2) is 61.3 Å². The van der Waals surface area contributed by atoms with Crippen LogP contribution in [0, 0.1) is 0 Å². The third-order valence-corrected chi connectivity index (χ3v) is 3.88. The van der Waals surface area contributed by atoms with Gasteiger partial charge >= 0.3 is 0 Å². The molecule has 5 nitrogen and oxygen atoms in total. The summed E-state index contributed by atoms with van der Waals surface area (Å²) in [6, 6.07) is 12.6. The third kappa shape index (κ3) is 4.00. The van der Waals surface area contributed by atoms with Gasteiger partial charge in [-0.3, -0.25) is 4.57 Å². The van der Waals surface area contributed by atoms with Gasteiger partial charge < -0.3 is 10.1 Å². The highest BCUT2D eigenvalue weighted by Gasteiger charge is 2.06. The van der Waals surface area contributed by atoms with Gasteiger partial charge in [-0.1, -0.05) is 12.1 Å². The summed E-state index contributed by atoms with van der Waals surface area (Å²) in [5.74, 6) is 1.79. The summed E-state index contributed by atoms with van der Waals surface area (Å²) in [4.78, 5) is 8.44. The number of nitrogens with one attached hydrogen (secondary N) is 1. The summed E-state index contributed by atoms with van der Waals surface area (Å²) in [5.41, 5.74) is 2.42. The molecule has 0 spiro atoms. The Morgan fingerprint density at radius 2 is 2.00 bits per heavy atom. The second-order valence-electron chi connectivity index (χ2n) is 5.60. The average molecular weight is 322 g/mol. The van der Waals surface area contributed by atoms with Crippen LogP contribution in [-0.2, 0) is 6.54 Å². The molecule has 0 aliphatic rings. The van der Waals surface area contributed by atoms with Crippen LogP contribution < -0.4 is 10.1 Å². The van der Waals surface area contributed by atoms with E-state index in [0.717, 1.165) is 18.1 Å². The zero-order valence-corrected chi connectivity index (χ0v) is 14.0. The molecule has 3 aromatic rings. The predicted octanol–water partition coefficient (Wildman–Crippen LogP) is 3.52. The van der Waals surface area contributed by atoms with Crippen molar-refractivity contribution in [3.8, 4) is 11.6 Å². The van der Waals surface area contributed by atoms with E-state index in [-0.39, 0.29) is 6.04 Å². The molecule has 1 atom stereocenters. The molecular weight excluding hydrogens is 300 g/mol. The lowest BCUT2D eigenvalue weighted by molar-refractivity contribution is 0.340. The summed E-state index contributed by atoms with van der Waals surface area (Å²) in [7, 11) is 0. The van der Waals surface area contributed by atoms with Crippen LogP contribution in [0.5, 0.6) is 5.75 Å². The number of pyridine rings is 1. The molecule has 0 saturated carbocycles. The number of hydrogen-bond donors (Lipinski definition) is 1. The molecule has 0 fully saturated rings. The number of aromatic nitrogens is 3. The van der Waals surface area contributed by atoms with E-state index in [9.17, 15) is 0 Å². The van der Waals surface area contributed by atoms with Crippen molar-refractivity contribution in [1.29, 1.82) is 0 Å². The Bertz CT molecular complexity index is 753. The van der Waals surface area contributed by atoms with Crippen molar-refractivity contribution in [2.75, 3.05) is 6.61 Å². The van der Waals surface area contributed by atoms with Crippen LogP contribution in [0.25, 0.3) is 5.82 Å². The Morgan fingerprint density at radius 3 is 2.71 bits per heavy atom. The van der Waals surface area contributed by atoms with Gasteiger partial charge in [0.1, 0.15) is 17.9 Å². The molecule has 0 saturated heterocycles. The summed E-state index contributed by atoms with van der Waals surface area (Å²) in [5, 5.41) is 3.55. The number of rotatable bonds is 7. The number of hydrogen-bond acceptors (Lipinski definition) is 4. The first-order valence-corrected chi connectivity index (χ1v) is 8.15. The molecule has 0 bridgehead atoms. The third-order valence-electron chi connectivity index (χ3n) is 3.88. The van der Waals surface area contributed by atoms with Gasteiger partial charge in [-0.2, -0.15) is 0 Å². The maximum Gasteiger partial charge on any atom is 0.138 e. The van der Waals surface area contributed by atoms with Gasteiger partial charge in [-0.15, -0.1) is 0 Å². The van der Waals surface area contributed by atoms with Crippen molar-refractivity contribution in [3.63, 3.8) is 0 Å². The Hall–Kier alpha value is -2.66. The molecular formula is C19H22N4O. The lowest BCUT2D eigenvalue weighted by atomic mass is 10.1. The summed E-state index contributed by atoms with van der Waals surface area (Å²) in [6.07, 6.45) is 7.22. The predicted molar refractivity (Wildman–Crippen MR) is 94.2 cm³/mol. The first-order chi connectivity index (χ1) is 11.8. The van der Waals surface area contributed by atoms with Gasteiger partial charge in [-0.05, 0) is 49.2 Å². The maximum atomic E-state index is 5.48. The second-order valence-corrected chi connectivity index (χ2v) is 5.60. The zero-order chi connectivity index (χ0) is 16.8. The molecule has 24 heavy (non-hydrogen) atoms. The van der Waals surface area contributed by atoms with E-state index in [1.165, 1.54) is 11.1 Å². The van der Waals surface area contributed by atoms with E-state index < -0.39 is 0 Å². The van der Waals surface area contributed by atoms with Crippen molar-refractivity contribution < 1.29 is 4.74 Å². The molecule has 0 amide bonds. The smallest absolute Gasteiger partial charge is 0.138 e. The summed E-state index contributed by atoms with van der Waals surface area (Å²) in [6.45, 7) is 5.62. The molecule has 5 heteroatoms. The largest absolute Gasteiger partial charge is 0.494 e. The lowest BCUT2D eigenvalue weighted by Gasteiger charge is -2.15. The van der Waals surface area contributed by atoms with Gasteiger partial charge in [0, 0.05) is 31.2 Å². The monoisotopic (exact) mass is 322 g/mol. The van der Waals surface area contributed by atoms with Gasteiger partial charge in [0.2, 0.25) is 0 Å². The molecule has 0 aliphatic heterocycles. The van der Waals surface area contributed by atoms with Crippen LogP contribution in [0.3, 0.4) is 0 Å². The Kier molecular flexibility index (Phi) is 5.23. The first-order valence-electron chi connectivity index (χ1n) is 8.15. The number of benzene rings is 1. The Labute approximate surface area is 142 Å². The van der Waals surface area contributed by atoms with E-state index in [1.807, 2.05) is 42.1 Å². The van der Waals surface area contributed by atoms with Crippen LogP contribution in [0.4, 0.5) is 0 Å². The van der Waals surface area contributed by atoms with Crippen LogP contribution in [-0.4, -0.2) is 21.1 Å². The van der Waals surface area contributed by atoms with Crippen molar-refractivity contribution in [3.05, 3.63) is 72.4 Å². The highest BCUT2D eigenvalue weighted by atomic mass is 16.5. The van der Waals surface area contributed by atoms with Crippen molar-refractivity contribution in [1.82, 2.24) is 19.9 Å². The fourth-order valence-corrected chi connectivity index (χ4v) is 2.51. The maximum absolute atomic E-state index is 5.48. The van der Waals surface area contributed by atoms with E-state index in [0.29, 0.717) is 6.61 Å². The normalized spacial score (nSPS) is 12.1. The molecule has 2 heterocycles. The van der Waals surface area contributed by atoms with E-state index in [1.54, 1.807) is 12.5 Å². The number of nitrogens with zero attached hydrogens (tertiary/aromatic N) is 3. The molecule has 1 N–H and O–H groups in total. The Balaban J connectivity index is 1.61. The highest BCUT2D eigenvalue weighted by Crippen LogP contribution is 2.18. The average Bonchev–Trinajstić information content (AvgIpc) is 3.16. The number of ether oxygens (including phenoxy) is 1. The fourth-order valence-electron chi connectivity index (χ4n) is 2.51. The minimum Gasteiger partial charge on any atom is -0.494 e. The van der Waals surface area contributed by atoms with Crippen LogP contribution in [0.2, 0.25) is 0 Å². The fraction of sp³-hybridized carbons (Fsp3) is 0.263. The molecule has 1 aromatic carbocycles. The van der Waals surface area contributed by atoms with Crippen molar-refractivity contribution in [2.45, 2.75) is 26.4 Å². The van der Waals surface area contributed by atoms with E-state index in [2.05, 4.69) is 40.4 Å². The lowest BCUT2D eigenvalue weighted by Crippen LogP contribution is -2.18. The quantitative estimate of drug-likeness (QED) is 0.723. The molecule has 3 rings (SSSR count). The van der Waals surface area contributed by atoms with Crippen molar-refractivity contribution >= 4 is 0 Å². The van der Waals surface area contributed by atoms with Crippen molar-refractivity contribution in [2.24, 2.45) is 0 Å². The summed E-state index contributed by atoms with van der Waals surface area (Å²) >= 11 is 0. The molecule has 0 unspecified atom stereocenters. The highest BCUT2D eigenvalue weighted by molar-refractivity contribution is 5.30. The van der Waals surface area contributed by atoms with Gasteiger partial charge in [-0.25, -0.2) is 9.97 Å². The molecule has 2 aromatic heterocycles. The first kappa shape index (κ1) is 16.2.